The molecule has 22 heavy (non-hydrogen) atoms. The van der Waals surface area contributed by atoms with Gasteiger partial charge in [-0.15, -0.1) is 0 Å². The van der Waals surface area contributed by atoms with E-state index in [0.717, 1.165) is 43.9 Å². The predicted molar refractivity (Wildman–Crippen MR) is 78.8 cm³/mol. The highest BCUT2D eigenvalue weighted by atomic mass is 16.6. The fourth-order valence-electron chi connectivity index (χ4n) is 1.88. The Kier molecular flexibility index (Phi) is 6.94. The van der Waals surface area contributed by atoms with Crippen LogP contribution in [-0.2, 0) is 4.74 Å². The third kappa shape index (κ3) is 5.47. The Balaban J connectivity index is 2.68. The Bertz CT molecular complexity index is 526. The molecule has 1 aromatic rings. The molecule has 0 heterocycles. The Morgan fingerprint density at radius 2 is 1.55 bits per heavy atom. The minimum absolute atomic E-state index is 0.186. The number of carbonyl (C=O) groups excluding carboxylic acids is 1. The molecule has 0 spiro atoms. The van der Waals surface area contributed by atoms with Crippen molar-refractivity contribution in [3.63, 3.8) is 0 Å². The zero-order chi connectivity index (χ0) is 16.5. The zero-order valence-corrected chi connectivity index (χ0v) is 12.3. The number of hydrogen-bond donors (Lipinski definition) is 0. The van der Waals surface area contributed by atoms with Crippen molar-refractivity contribution in [2.45, 2.75) is 39.0 Å². The quantitative estimate of drug-likeness (QED) is 0.298. The topological polar surface area (TPSA) is 113 Å². The molecule has 0 aliphatic heterocycles. The van der Waals surface area contributed by atoms with E-state index in [9.17, 15) is 25.0 Å². The van der Waals surface area contributed by atoms with Gasteiger partial charge in [-0.2, -0.15) is 0 Å². The maximum absolute atomic E-state index is 11.8. The van der Waals surface area contributed by atoms with E-state index in [-0.39, 0.29) is 12.2 Å². The summed E-state index contributed by atoms with van der Waals surface area (Å²) in [5, 5.41) is 21.5. The second-order valence-electron chi connectivity index (χ2n) is 4.80. The van der Waals surface area contributed by atoms with E-state index >= 15 is 0 Å². The molecule has 8 heteroatoms. The summed E-state index contributed by atoms with van der Waals surface area (Å²) in [6.45, 7) is 2.29. The Hall–Kier alpha value is -2.51. The second kappa shape index (κ2) is 8.71. The number of hydrogen-bond acceptors (Lipinski definition) is 6. The lowest BCUT2D eigenvalue weighted by molar-refractivity contribution is -0.394. The number of esters is 1. The van der Waals surface area contributed by atoms with Gasteiger partial charge in [0.25, 0.3) is 11.4 Å². The Morgan fingerprint density at radius 1 is 1.00 bits per heavy atom. The molecule has 0 saturated carbocycles. The second-order valence-corrected chi connectivity index (χ2v) is 4.80. The predicted octanol–water partition coefficient (Wildman–Crippen LogP) is 3.63. The minimum Gasteiger partial charge on any atom is -0.462 e. The van der Waals surface area contributed by atoms with Crippen LogP contribution in [0.5, 0.6) is 0 Å². The molecule has 1 rings (SSSR count). The van der Waals surface area contributed by atoms with Crippen LogP contribution in [0.3, 0.4) is 0 Å². The molecule has 1 aromatic carbocycles. The van der Waals surface area contributed by atoms with Crippen molar-refractivity contribution in [3.8, 4) is 0 Å². The summed E-state index contributed by atoms with van der Waals surface area (Å²) in [6.07, 6.45) is 4.90. The first-order chi connectivity index (χ1) is 10.5. The van der Waals surface area contributed by atoms with Gasteiger partial charge >= 0.3 is 5.97 Å². The largest absolute Gasteiger partial charge is 0.462 e. The summed E-state index contributed by atoms with van der Waals surface area (Å²) in [6, 6.07) is 2.76. The number of carbonyl (C=O) groups is 1. The molecule has 120 valence electrons. The highest BCUT2D eigenvalue weighted by Crippen LogP contribution is 2.23. The lowest BCUT2D eigenvalue weighted by Crippen LogP contribution is -2.08. The molecule has 0 bridgehead atoms. The highest BCUT2D eigenvalue weighted by molar-refractivity contribution is 5.91. The van der Waals surface area contributed by atoms with E-state index in [1.807, 2.05) is 0 Å². The molecule has 0 aromatic heterocycles. The first-order valence-corrected chi connectivity index (χ1v) is 7.06. The van der Waals surface area contributed by atoms with Crippen LogP contribution in [0.4, 0.5) is 11.4 Å². The van der Waals surface area contributed by atoms with Gasteiger partial charge < -0.3 is 4.74 Å². The summed E-state index contributed by atoms with van der Waals surface area (Å²) in [7, 11) is 0. The van der Waals surface area contributed by atoms with Gasteiger partial charge in [0.05, 0.1) is 28.1 Å². The Labute approximate surface area is 127 Å². The van der Waals surface area contributed by atoms with Gasteiger partial charge in [0.15, 0.2) is 0 Å². The number of ether oxygens (including phenoxy) is 1. The smallest absolute Gasteiger partial charge is 0.338 e. The van der Waals surface area contributed by atoms with Crippen molar-refractivity contribution in [2.75, 3.05) is 6.61 Å². The average Bonchev–Trinajstić information content (AvgIpc) is 2.49. The van der Waals surface area contributed by atoms with Crippen molar-refractivity contribution in [1.82, 2.24) is 0 Å². The van der Waals surface area contributed by atoms with Gasteiger partial charge in [-0.25, -0.2) is 4.79 Å². The standard InChI is InChI=1S/C14H18N2O6/c1-2-3-4-5-6-7-22-14(17)11-8-12(15(18)19)10-13(9-11)16(20)21/h8-10H,2-7H2,1H3. The van der Waals surface area contributed by atoms with Crippen molar-refractivity contribution >= 4 is 17.3 Å². The highest BCUT2D eigenvalue weighted by Gasteiger charge is 2.20. The molecule has 0 saturated heterocycles. The molecule has 0 aliphatic carbocycles. The van der Waals surface area contributed by atoms with E-state index in [1.54, 1.807) is 0 Å². The monoisotopic (exact) mass is 310 g/mol. The van der Waals surface area contributed by atoms with Crippen molar-refractivity contribution in [2.24, 2.45) is 0 Å². The SMILES string of the molecule is CCCCCCCOC(=O)c1cc([N+](=O)[O-])cc([N+](=O)[O-])c1. The molecule has 0 fully saturated rings. The number of nitrogens with zero attached hydrogens (tertiary/aromatic N) is 2. The number of rotatable bonds is 9. The van der Waals surface area contributed by atoms with Crippen LogP contribution in [-0.4, -0.2) is 22.4 Å². The molecule has 0 unspecified atom stereocenters. The van der Waals surface area contributed by atoms with E-state index in [1.165, 1.54) is 0 Å². The van der Waals surface area contributed by atoms with Crippen molar-refractivity contribution in [1.29, 1.82) is 0 Å². The summed E-state index contributed by atoms with van der Waals surface area (Å²) in [4.78, 5) is 31.7. The minimum atomic E-state index is -0.790. The molecular weight excluding hydrogens is 292 g/mol. The van der Waals surface area contributed by atoms with Crippen molar-refractivity contribution < 1.29 is 19.4 Å². The van der Waals surface area contributed by atoms with Gasteiger partial charge in [0, 0.05) is 12.1 Å². The normalized spacial score (nSPS) is 10.2. The molecule has 0 amide bonds. The van der Waals surface area contributed by atoms with Crippen LogP contribution in [0.25, 0.3) is 0 Å². The van der Waals surface area contributed by atoms with Crippen LogP contribution in [0.15, 0.2) is 18.2 Å². The molecule has 0 aliphatic rings. The molecule has 0 N–H and O–H groups in total. The molecule has 0 radical (unpaired) electrons. The van der Waals surface area contributed by atoms with Crippen LogP contribution < -0.4 is 0 Å². The molecular formula is C14H18N2O6. The van der Waals surface area contributed by atoms with Gasteiger partial charge in [-0.05, 0) is 6.42 Å². The van der Waals surface area contributed by atoms with E-state index in [0.29, 0.717) is 6.42 Å². The first-order valence-electron chi connectivity index (χ1n) is 7.06. The summed E-state index contributed by atoms with van der Waals surface area (Å²) >= 11 is 0. The van der Waals surface area contributed by atoms with Gasteiger partial charge in [-0.3, -0.25) is 20.2 Å². The lowest BCUT2D eigenvalue weighted by Gasteiger charge is -2.05. The number of nitro benzene ring substituents is 2. The van der Waals surface area contributed by atoms with Crippen LogP contribution in [0.2, 0.25) is 0 Å². The summed E-state index contributed by atoms with van der Waals surface area (Å²) in [5.74, 6) is -0.790. The van der Waals surface area contributed by atoms with Gasteiger partial charge in [0.2, 0.25) is 0 Å². The van der Waals surface area contributed by atoms with E-state index in [4.69, 9.17) is 4.74 Å². The molecule has 8 nitrogen and oxygen atoms in total. The fraction of sp³-hybridized carbons (Fsp3) is 0.500. The lowest BCUT2D eigenvalue weighted by atomic mass is 10.1. The summed E-state index contributed by atoms with van der Waals surface area (Å²) in [5.41, 5.74) is -1.21. The average molecular weight is 310 g/mol. The number of benzene rings is 1. The van der Waals surface area contributed by atoms with E-state index < -0.39 is 27.2 Å². The first kappa shape index (κ1) is 17.5. The van der Waals surface area contributed by atoms with Gasteiger partial charge in [0.1, 0.15) is 0 Å². The van der Waals surface area contributed by atoms with E-state index in [2.05, 4.69) is 6.92 Å². The van der Waals surface area contributed by atoms with Crippen LogP contribution >= 0.6 is 0 Å². The molecule has 0 atom stereocenters. The maximum Gasteiger partial charge on any atom is 0.338 e. The van der Waals surface area contributed by atoms with Gasteiger partial charge in [-0.1, -0.05) is 32.6 Å². The zero-order valence-electron chi connectivity index (χ0n) is 12.3. The summed E-state index contributed by atoms with van der Waals surface area (Å²) < 4.78 is 4.99. The number of unbranched alkanes of at least 4 members (excludes halogenated alkanes) is 4. The number of non-ortho nitro benzene ring substituents is 2. The number of nitro groups is 2. The van der Waals surface area contributed by atoms with Crippen LogP contribution in [0.1, 0.15) is 49.4 Å². The third-order valence-electron chi connectivity index (χ3n) is 3.04. The van der Waals surface area contributed by atoms with Crippen molar-refractivity contribution in [3.05, 3.63) is 44.0 Å². The third-order valence-corrected chi connectivity index (χ3v) is 3.04. The maximum atomic E-state index is 11.8. The van der Waals surface area contributed by atoms with Crippen LogP contribution in [0, 0.1) is 20.2 Å². The Morgan fingerprint density at radius 3 is 2.05 bits per heavy atom. The fourth-order valence-corrected chi connectivity index (χ4v) is 1.88.